The molecule has 1 aromatic carbocycles. The minimum atomic E-state index is -0.415. The third kappa shape index (κ3) is 2.68. The number of aliphatic hydroxyl groups is 1. The molecule has 0 aliphatic carbocycles. The van der Waals surface area contributed by atoms with Crippen molar-refractivity contribution in [3.63, 3.8) is 0 Å². The Kier molecular flexibility index (Phi) is 4.25. The summed E-state index contributed by atoms with van der Waals surface area (Å²) in [6.45, 7) is 7.74. The fourth-order valence-corrected chi connectivity index (χ4v) is 2.64. The predicted octanol–water partition coefficient (Wildman–Crippen LogP) is 2.49. The van der Waals surface area contributed by atoms with Crippen LogP contribution in [0.1, 0.15) is 42.6 Å². The molecule has 3 heteroatoms. The molecule has 1 aliphatic rings. The normalized spacial score (nSPS) is 21.0. The second kappa shape index (κ2) is 5.72. The molecule has 3 nitrogen and oxygen atoms in total. The highest BCUT2D eigenvalue weighted by atomic mass is 16.5. The highest BCUT2D eigenvalue weighted by Crippen LogP contribution is 2.30. The molecular formula is C15H23NO2. The van der Waals surface area contributed by atoms with Gasteiger partial charge >= 0.3 is 0 Å². The highest BCUT2D eigenvalue weighted by molar-refractivity contribution is 5.43. The van der Waals surface area contributed by atoms with Crippen LogP contribution < -0.4 is 10.1 Å². The van der Waals surface area contributed by atoms with E-state index in [9.17, 15) is 5.11 Å². The van der Waals surface area contributed by atoms with Gasteiger partial charge < -0.3 is 15.2 Å². The smallest absolute Gasteiger partial charge is 0.122 e. The molecule has 0 spiro atoms. The van der Waals surface area contributed by atoms with Crippen molar-refractivity contribution in [3.05, 3.63) is 28.8 Å². The van der Waals surface area contributed by atoms with Gasteiger partial charge in [-0.05, 0) is 69.0 Å². The first kappa shape index (κ1) is 13.4. The van der Waals surface area contributed by atoms with Gasteiger partial charge in [0, 0.05) is 6.04 Å². The maximum absolute atomic E-state index is 10.4. The molecule has 0 saturated carbocycles. The van der Waals surface area contributed by atoms with E-state index in [0.29, 0.717) is 6.61 Å². The van der Waals surface area contributed by atoms with Crippen molar-refractivity contribution in [2.75, 3.05) is 13.2 Å². The van der Waals surface area contributed by atoms with Gasteiger partial charge in [0.15, 0.2) is 0 Å². The Balaban J connectivity index is 2.24. The Morgan fingerprint density at radius 1 is 1.39 bits per heavy atom. The van der Waals surface area contributed by atoms with Crippen LogP contribution >= 0.6 is 0 Å². The number of rotatable bonds is 4. The molecular weight excluding hydrogens is 226 g/mol. The van der Waals surface area contributed by atoms with Crippen molar-refractivity contribution in [3.8, 4) is 5.75 Å². The fraction of sp³-hybridized carbons (Fsp3) is 0.600. The van der Waals surface area contributed by atoms with Crippen LogP contribution in [0, 0.1) is 13.8 Å². The van der Waals surface area contributed by atoms with Crippen LogP contribution in [0.25, 0.3) is 0 Å². The summed E-state index contributed by atoms with van der Waals surface area (Å²) in [7, 11) is 0. The van der Waals surface area contributed by atoms with Gasteiger partial charge in [0.2, 0.25) is 0 Å². The number of aliphatic hydroxyl groups excluding tert-OH is 1. The highest BCUT2D eigenvalue weighted by Gasteiger charge is 2.25. The molecule has 0 radical (unpaired) electrons. The van der Waals surface area contributed by atoms with Crippen molar-refractivity contribution >= 4 is 0 Å². The Hall–Kier alpha value is -1.06. The van der Waals surface area contributed by atoms with Crippen molar-refractivity contribution in [2.45, 2.75) is 45.8 Å². The summed E-state index contributed by atoms with van der Waals surface area (Å²) in [5.74, 6) is 0.922. The Morgan fingerprint density at radius 2 is 2.17 bits per heavy atom. The quantitative estimate of drug-likeness (QED) is 0.861. The first-order valence-electron chi connectivity index (χ1n) is 6.79. The molecule has 1 saturated heterocycles. The van der Waals surface area contributed by atoms with Gasteiger partial charge in [0.05, 0.1) is 12.7 Å². The van der Waals surface area contributed by atoms with Gasteiger partial charge in [-0.1, -0.05) is 0 Å². The first-order chi connectivity index (χ1) is 8.63. The molecule has 2 unspecified atom stereocenters. The molecule has 1 aliphatic heterocycles. The molecule has 0 bridgehead atoms. The lowest BCUT2D eigenvalue weighted by Crippen LogP contribution is -2.29. The van der Waals surface area contributed by atoms with Gasteiger partial charge in [0.1, 0.15) is 5.75 Å². The number of benzene rings is 1. The van der Waals surface area contributed by atoms with Crippen molar-refractivity contribution in [2.24, 2.45) is 0 Å². The van der Waals surface area contributed by atoms with E-state index >= 15 is 0 Å². The van der Waals surface area contributed by atoms with Gasteiger partial charge in [0.25, 0.3) is 0 Å². The van der Waals surface area contributed by atoms with Crippen molar-refractivity contribution in [1.29, 1.82) is 0 Å². The number of hydrogen-bond acceptors (Lipinski definition) is 3. The van der Waals surface area contributed by atoms with Gasteiger partial charge in [-0.25, -0.2) is 0 Å². The second-order valence-electron chi connectivity index (χ2n) is 5.05. The van der Waals surface area contributed by atoms with Crippen LogP contribution in [0.3, 0.4) is 0 Å². The van der Waals surface area contributed by atoms with Crippen LogP contribution in [0.5, 0.6) is 5.75 Å². The molecule has 0 aromatic heterocycles. The van der Waals surface area contributed by atoms with E-state index in [4.69, 9.17) is 4.74 Å². The van der Waals surface area contributed by atoms with Crippen LogP contribution in [-0.4, -0.2) is 24.3 Å². The predicted molar refractivity (Wildman–Crippen MR) is 73.1 cm³/mol. The molecule has 1 aromatic rings. The molecule has 2 rings (SSSR count). The fourth-order valence-electron chi connectivity index (χ4n) is 2.64. The van der Waals surface area contributed by atoms with Crippen molar-refractivity contribution in [1.82, 2.24) is 5.32 Å². The largest absolute Gasteiger partial charge is 0.494 e. The lowest BCUT2D eigenvalue weighted by atomic mass is 9.95. The Labute approximate surface area is 109 Å². The van der Waals surface area contributed by atoms with Crippen LogP contribution in [0.4, 0.5) is 0 Å². The first-order valence-corrected chi connectivity index (χ1v) is 6.79. The standard InChI is InChI=1S/C15H23NO2/c1-4-18-14-9-10(2)12(8-11(14)3)15(17)13-6-5-7-16-13/h8-9,13,15-17H,4-7H2,1-3H3. The lowest BCUT2D eigenvalue weighted by Gasteiger charge is -2.22. The van der Waals surface area contributed by atoms with Gasteiger partial charge in [-0.15, -0.1) is 0 Å². The third-order valence-electron chi connectivity index (χ3n) is 3.66. The number of aryl methyl sites for hydroxylation is 2. The van der Waals surface area contributed by atoms with E-state index in [1.807, 2.05) is 26.8 Å². The third-order valence-corrected chi connectivity index (χ3v) is 3.66. The van der Waals surface area contributed by atoms with Crippen LogP contribution in [0.15, 0.2) is 12.1 Å². The monoisotopic (exact) mass is 249 g/mol. The van der Waals surface area contributed by atoms with Gasteiger partial charge in [-0.3, -0.25) is 0 Å². The van der Waals surface area contributed by atoms with E-state index in [2.05, 4.69) is 11.4 Å². The Morgan fingerprint density at radius 3 is 2.78 bits per heavy atom. The van der Waals surface area contributed by atoms with Gasteiger partial charge in [-0.2, -0.15) is 0 Å². The van der Waals surface area contributed by atoms with Crippen LogP contribution in [0.2, 0.25) is 0 Å². The topological polar surface area (TPSA) is 41.5 Å². The minimum absolute atomic E-state index is 0.195. The van der Waals surface area contributed by atoms with E-state index < -0.39 is 6.10 Å². The average molecular weight is 249 g/mol. The van der Waals surface area contributed by atoms with E-state index in [1.54, 1.807) is 0 Å². The second-order valence-corrected chi connectivity index (χ2v) is 5.05. The van der Waals surface area contributed by atoms with Crippen molar-refractivity contribution < 1.29 is 9.84 Å². The maximum atomic E-state index is 10.4. The summed E-state index contributed by atoms with van der Waals surface area (Å²) < 4.78 is 5.58. The SMILES string of the molecule is CCOc1cc(C)c(C(O)C2CCCN2)cc1C. The zero-order valence-electron chi connectivity index (χ0n) is 11.5. The molecule has 1 fully saturated rings. The molecule has 2 atom stereocenters. The van der Waals surface area contributed by atoms with Crippen LogP contribution in [-0.2, 0) is 0 Å². The molecule has 2 N–H and O–H groups in total. The molecule has 0 amide bonds. The maximum Gasteiger partial charge on any atom is 0.122 e. The lowest BCUT2D eigenvalue weighted by molar-refractivity contribution is 0.136. The summed E-state index contributed by atoms with van der Waals surface area (Å²) in [4.78, 5) is 0. The van der Waals surface area contributed by atoms with E-state index in [0.717, 1.165) is 41.8 Å². The summed E-state index contributed by atoms with van der Waals surface area (Å²) in [6, 6.07) is 4.29. The Bertz CT molecular complexity index is 411. The number of hydrogen-bond donors (Lipinski definition) is 2. The molecule has 100 valence electrons. The molecule has 18 heavy (non-hydrogen) atoms. The summed E-state index contributed by atoms with van der Waals surface area (Å²) in [6.07, 6.45) is 1.78. The average Bonchev–Trinajstić information content (AvgIpc) is 2.86. The summed E-state index contributed by atoms with van der Waals surface area (Å²) >= 11 is 0. The summed E-state index contributed by atoms with van der Waals surface area (Å²) in [5.41, 5.74) is 3.22. The minimum Gasteiger partial charge on any atom is -0.494 e. The van der Waals surface area contributed by atoms with E-state index in [1.165, 1.54) is 0 Å². The van der Waals surface area contributed by atoms with E-state index in [-0.39, 0.29) is 6.04 Å². The zero-order chi connectivity index (χ0) is 13.1. The number of ether oxygens (including phenoxy) is 1. The number of nitrogens with one attached hydrogen (secondary N) is 1. The molecule has 1 heterocycles. The zero-order valence-corrected chi connectivity index (χ0v) is 11.5. The summed E-state index contributed by atoms with van der Waals surface area (Å²) in [5, 5.41) is 13.8.